The molecule has 0 spiro atoms. The van der Waals surface area contributed by atoms with Crippen LogP contribution in [0.2, 0.25) is 0 Å². The summed E-state index contributed by atoms with van der Waals surface area (Å²) < 4.78 is 32.2. The maximum atomic E-state index is 12.7. The minimum Gasteiger partial charge on any atom is -0.483 e. The average molecular weight is 410 g/mol. The van der Waals surface area contributed by atoms with Crippen molar-refractivity contribution in [1.82, 2.24) is 9.62 Å². The summed E-state index contributed by atoms with van der Waals surface area (Å²) in [5.74, 6) is -0.969. The molecule has 8 nitrogen and oxygen atoms in total. The highest BCUT2D eigenvalue weighted by Crippen LogP contribution is 2.26. The first-order chi connectivity index (χ1) is 13.4. The van der Waals surface area contributed by atoms with Crippen LogP contribution in [0.25, 0.3) is 0 Å². The van der Waals surface area contributed by atoms with Crippen molar-refractivity contribution >= 4 is 21.8 Å². The van der Waals surface area contributed by atoms with Gasteiger partial charge in [-0.2, -0.15) is 4.31 Å². The molecule has 3 rings (SSSR count). The molecule has 0 radical (unpaired) electrons. The number of primary amides is 1. The van der Waals surface area contributed by atoms with E-state index in [-0.39, 0.29) is 34.8 Å². The maximum Gasteiger partial charge on any atom is 0.258 e. The number of nitrogens with one attached hydrogen (secondary N) is 1. The molecule has 9 heteroatoms. The summed E-state index contributed by atoms with van der Waals surface area (Å²) in [6.07, 6.45) is 6.95. The number of carbonyl (C=O) groups excluding carboxylic acids is 2. The summed E-state index contributed by atoms with van der Waals surface area (Å²) in [6.45, 7) is 0.677. The number of carbonyl (C=O) groups is 2. The summed E-state index contributed by atoms with van der Waals surface area (Å²) in [6, 6.07) is 4.16. The van der Waals surface area contributed by atoms with E-state index in [1.165, 1.54) is 28.9 Å². The van der Waals surface area contributed by atoms with E-state index in [4.69, 9.17) is 10.5 Å². The van der Waals surface area contributed by atoms with Crippen LogP contribution in [0.4, 0.5) is 0 Å². The molecule has 1 heterocycles. The fourth-order valence-electron chi connectivity index (χ4n) is 3.73. The van der Waals surface area contributed by atoms with E-state index in [9.17, 15) is 18.0 Å². The molecule has 1 aliphatic carbocycles. The highest BCUT2D eigenvalue weighted by molar-refractivity contribution is 7.89. The van der Waals surface area contributed by atoms with Crippen molar-refractivity contribution in [3.05, 3.63) is 23.8 Å². The van der Waals surface area contributed by atoms with Crippen LogP contribution in [0.5, 0.6) is 5.75 Å². The Hall–Kier alpha value is -2.13. The zero-order valence-corrected chi connectivity index (χ0v) is 16.7. The van der Waals surface area contributed by atoms with E-state index in [1.807, 2.05) is 0 Å². The Labute approximate surface area is 165 Å². The second-order valence-corrected chi connectivity index (χ2v) is 9.26. The van der Waals surface area contributed by atoms with Gasteiger partial charge in [-0.15, -0.1) is 0 Å². The molecule has 0 unspecified atom stereocenters. The minimum absolute atomic E-state index is 0.00204. The number of sulfonamides is 1. The van der Waals surface area contributed by atoms with Crippen molar-refractivity contribution in [2.45, 2.75) is 55.9 Å². The van der Waals surface area contributed by atoms with Crippen LogP contribution < -0.4 is 15.8 Å². The molecule has 0 atom stereocenters. The number of rotatable bonds is 7. The number of nitrogens with zero attached hydrogens (tertiary/aromatic N) is 1. The summed E-state index contributed by atoms with van der Waals surface area (Å²) in [4.78, 5) is 23.9. The lowest BCUT2D eigenvalue weighted by molar-refractivity contribution is -0.124. The van der Waals surface area contributed by atoms with Gasteiger partial charge in [0.2, 0.25) is 10.0 Å². The Morgan fingerprint density at radius 1 is 1.11 bits per heavy atom. The molecule has 1 aromatic carbocycles. The third-order valence-corrected chi connectivity index (χ3v) is 7.14. The number of amides is 2. The zero-order chi connectivity index (χ0) is 20.1. The van der Waals surface area contributed by atoms with E-state index in [0.717, 1.165) is 38.5 Å². The van der Waals surface area contributed by atoms with Crippen molar-refractivity contribution in [2.24, 2.45) is 5.73 Å². The SMILES string of the molecule is NC(=O)c1cc(S(=O)(=O)N2CCCC2)ccc1OCC(=O)NC1CCCCC1. The van der Waals surface area contributed by atoms with Crippen LogP contribution in [0.15, 0.2) is 23.1 Å². The van der Waals surface area contributed by atoms with Gasteiger partial charge in [0.25, 0.3) is 11.8 Å². The van der Waals surface area contributed by atoms with Gasteiger partial charge in [0.1, 0.15) is 5.75 Å². The van der Waals surface area contributed by atoms with Gasteiger partial charge in [-0.25, -0.2) is 8.42 Å². The fraction of sp³-hybridized carbons (Fsp3) is 0.579. The summed E-state index contributed by atoms with van der Waals surface area (Å²) in [5.41, 5.74) is 5.36. The Morgan fingerprint density at radius 2 is 1.79 bits per heavy atom. The van der Waals surface area contributed by atoms with E-state index in [1.54, 1.807) is 0 Å². The van der Waals surface area contributed by atoms with Gasteiger partial charge in [0.05, 0.1) is 10.5 Å². The Kier molecular flexibility index (Phi) is 6.56. The smallest absolute Gasteiger partial charge is 0.258 e. The summed E-state index contributed by atoms with van der Waals surface area (Å²) in [7, 11) is -3.67. The number of nitrogens with two attached hydrogens (primary N) is 1. The van der Waals surface area contributed by atoms with Gasteiger partial charge in [-0.1, -0.05) is 19.3 Å². The monoisotopic (exact) mass is 409 g/mol. The standard InChI is InChI=1S/C19H27N3O5S/c20-19(24)16-12-15(28(25,26)22-10-4-5-11-22)8-9-17(16)27-13-18(23)21-14-6-2-1-3-7-14/h8-9,12,14H,1-7,10-11,13H2,(H2,20,24)(H,21,23). The van der Waals surface area contributed by atoms with Crippen LogP contribution >= 0.6 is 0 Å². The van der Waals surface area contributed by atoms with E-state index >= 15 is 0 Å². The lowest BCUT2D eigenvalue weighted by Crippen LogP contribution is -2.39. The van der Waals surface area contributed by atoms with Crippen molar-refractivity contribution in [3.63, 3.8) is 0 Å². The average Bonchev–Trinajstić information content (AvgIpc) is 3.22. The number of hydrogen-bond acceptors (Lipinski definition) is 5. The molecule has 2 fully saturated rings. The van der Waals surface area contributed by atoms with Gasteiger partial charge in [0, 0.05) is 19.1 Å². The molecular formula is C19H27N3O5S. The highest BCUT2D eigenvalue weighted by Gasteiger charge is 2.28. The van der Waals surface area contributed by atoms with Crippen LogP contribution in [-0.4, -0.2) is 50.3 Å². The van der Waals surface area contributed by atoms with Crippen LogP contribution in [0.3, 0.4) is 0 Å². The lowest BCUT2D eigenvalue weighted by atomic mass is 9.95. The first-order valence-corrected chi connectivity index (χ1v) is 11.2. The zero-order valence-electron chi connectivity index (χ0n) is 15.9. The van der Waals surface area contributed by atoms with Crippen molar-refractivity contribution in [1.29, 1.82) is 0 Å². The quantitative estimate of drug-likeness (QED) is 0.705. The van der Waals surface area contributed by atoms with Crippen LogP contribution in [-0.2, 0) is 14.8 Å². The minimum atomic E-state index is -3.67. The van der Waals surface area contributed by atoms with Crippen molar-refractivity contribution in [2.75, 3.05) is 19.7 Å². The largest absolute Gasteiger partial charge is 0.483 e. The van der Waals surface area contributed by atoms with Gasteiger partial charge >= 0.3 is 0 Å². The Morgan fingerprint density at radius 3 is 2.43 bits per heavy atom. The molecule has 1 aromatic rings. The highest BCUT2D eigenvalue weighted by atomic mass is 32.2. The predicted octanol–water partition coefficient (Wildman–Crippen LogP) is 1.40. The molecule has 1 saturated carbocycles. The normalized spacial score (nSPS) is 18.7. The second-order valence-electron chi connectivity index (χ2n) is 7.32. The maximum absolute atomic E-state index is 12.7. The molecule has 2 amide bonds. The molecular weight excluding hydrogens is 382 g/mol. The summed E-state index contributed by atoms with van der Waals surface area (Å²) >= 11 is 0. The number of benzene rings is 1. The second kappa shape index (κ2) is 8.91. The van der Waals surface area contributed by atoms with E-state index in [0.29, 0.717) is 13.1 Å². The first-order valence-electron chi connectivity index (χ1n) is 9.74. The topological polar surface area (TPSA) is 119 Å². The Balaban J connectivity index is 1.69. The van der Waals surface area contributed by atoms with Gasteiger partial charge in [0.15, 0.2) is 6.61 Å². The Bertz CT molecular complexity index is 828. The molecule has 3 N–H and O–H groups in total. The van der Waals surface area contributed by atoms with Crippen molar-refractivity contribution in [3.8, 4) is 5.75 Å². The molecule has 154 valence electrons. The third kappa shape index (κ3) is 4.82. The molecule has 28 heavy (non-hydrogen) atoms. The van der Waals surface area contributed by atoms with Gasteiger partial charge < -0.3 is 15.8 Å². The molecule has 0 bridgehead atoms. The third-order valence-electron chi connectivity index (χ3n) is 5.25. The van der Waals surface area contributed by atoms with Gasteiger partial charge in [-0.3, -0.25) is 9.59 Å². The predicted molar refractivity (Wildman–Crippen MR) is 103 cm³/mol. The molecule has 1 saturated heterocycles. The lowest BCUT2D eigenvalue weighted by Gasteiger charge is -2.22. The molecule has 0 aromatic heterocycles. The molecule has 1 aliphatic heterocycles. The number of ether oxygens (including phenoxy) is 1. The first kappa shape index (κ1) is 20.6. The van der Waals surface area contributed by atoms with E-state index < -0.39 is 15.9 Å². The summed E-state index contributed by atoms with van der Waals surface area (Å²) in [5, 5.41) is 2.93. The van der Waals surface area contributed by atoms with E-state index in [2.05, 4.69) is 5.32 Å². The van der Waals surface area contributed by atoms with Crippen molar-refractivity contribution < 1.29 is 22.7 Å². The number of hydrogen-bond donors (Lipinski definition) is 2. The molecule has 2 aliphatic rings. The fourth-order valence-corrected chi connectivity index (χ4v) is 5.27. The van der Waals surface area contributed by atoms with Crippen LogP contribution in [0.1, 0.15) is 55.3 Å². The van der Waals surface area contributed by atoms with Crippen LogP contribution in [0, 0.1) is 0 Å². The van der Waals surface area contributed by atoms with Gasteiger partial charge in [-0.05, 0) is 43.9 Å².